The van der Waals surface area contributed by atoms with E-state index in [1.165, 1.54) is 19.3 Å². The number of benzene rings is 1. The maximum atomic E-state index is 13.3. The third kappa shape index (κ3) is 3.55. The number of fused-ring (bicyclic) bond motifs is 1. The van der Waals surface area contributed by atoms with Gasteiger partial charge in [0.15, 0.2) is 5.82 Å². The van der Waals surface area contributed by atoms with Crippen LogP contribution >= 0.6 is 0 Å². The number of hydrogen-bond acceptors (Lipinski definition) is 5. The largest absolute Gasteiger partial charge is 0.322 e. The van der Waals surface area contributed by atoms with Crippen LogP contribution in [0.5, 0.6) is 0 Å². The number of nitrogens with one attached hydrogen (secondary N) is 1. The van der Waals surface area contributed by atoms with Crippen LogP contribution in [0.25, 0.3) is 10.9 Å². The highest BCUT2D eigenvalue weighted by atomic mass is 16.1. The first-order valence-corrected chi connectivity index (χ1v) is 11.3. The zero-order valence-electron chi connectivity index (χ0n) is 17.8. The SMILES string of the molecule is Cc1ccc2cc([C@@H](c3nnnn3C3CCCC3)N3CCC[C@@H](C)C3)c(=O)[nH]c2c1. The fourth-order valence-electron chi connectivity index (χ4n) is 5.28. The lowest BCUT2D eigenvalue weighted by atomic mass is 9.95. The molecule has 1 aliphatic heterocycles. The number of hydrogen-bond donors (Lipinski definition) is 1. The highest BCUT2D eigenvalue weighted by molar-refractivity contribution is 5.79. The predicted molar refractivity (Wildman–Crippen MR) is 116 cm³/mol. The number of nitrogens with zero attached hydrogens (tertiary/aromatic N) is 5. The summed E-state index contributed by atoms with van der Waals surface area (Å²) in [5.41, 5.74) is 2.72. The van der Waals surface area contributed by atoms with Gasteiger partial charge < -0.3 is 4.98 Å². The average Bonchev–Trinajstić information content (AvgIpc) is 3.40. The van der Waals surface area contributed by atoms with E-state index in [1.807, 2.05) is 23.7 Å². The third-order valence-corrected chi connectivity index (χ3v) is 6.81. The molecule has 3 aromatic rings. The Morgan fingerprint density at radius 2 is 1.97 bits per heavy atom. The van der Waals surface area contributed by atoms with Gasteiger partial charge in [0.05, 0.1) is 6.04 Å². The van der Waals surface area contributed by atoms with Gasteiger partial charge in [0.25, 0.3) is 5.56 Å². The summed E-state index contributed by atoms with van der Waals surface area (Å²) < 4.78 is 2.01. The van der Waals surface area contributed by atoms with Gasteiger partial charge in [-0.05, 0) is 78.6 Å². The van der Waals surface area contributed by atoms with Crippen molar-refractivity contribution >= 4 is 10.9 Å². The van der Waals surface area contributed by atoms with Crippen molar-refractivity contribution in [2.75, 3.05) is 13.1 Å². The van der Waals surface area contributed by atoms with Crippen LogP contribution < -0.4 is 5.56 Å². The minimum Gasteiger partial charge on any atom is -0.322 e. The Morgan fingerprint density at radius 3 is 2.77 bits per heavy atom. The molecule has 1 aliphatic carbocycles. The second-order valence-corrected chi connectivity index (χ2v) is 9.21. The van der Waals surface area contributed by atoms with Crippen molar-refractivity contribution in [2.45, 2.75) is 64.5 Å². The van der Waals surface area contributed by atoms with Gasteiger partial charge in [-0.3, -0.25) is 9.69 Å². The molecule has 0 unspecified atom stereocenters. The number of piperidine rings is 1. The number of aromatic nitrogens is 5. The van der Waals surface area contributed by atoms with Gasteiger partial charge >= 0.3 is 0 Å². The van der Waals surface area contributed by atoms with E-state index < -0.39 is 0 Å². The smallest absolute Gasteiger partial charge is 0.253 e. The number of aryl methyl sites for hydroxylation is 1. The van der Waals surface area contributed by atoms with Crippen LogP contribution in [-0.4, -0.2) is 43.2 Å². The third-order valence-electron chi connectivity index (χ3n) is 6.81. The van der Waals surface area contributed by atoms with E-state index in [-0.39, 0.29) is 11.6 Å². The lowest BCUT2D eigenvalue weighted by molar-refractivity contribution is 0.139. The molecule has 158 valence electrons. The quantitative estimate of drug-likeness (QED) is 0.714. The van der Waals surface area contributed by atoms with E-state index in [0.717, 1.165) is 60.2 Å². The molecule has 7 nitrogen and oxygen atoms in total. The van der Waals surface area contributed by atoms with Gasteiger partial charge in [0.2, 0.25) is 0 Å². The number of aromatic amines is 1. The molecule has 1 N–H and O–H groups in total. The van der Waals surface area contributed by atoms with E-state index in [2.05, 4.69) is 44.5 Å². The fraction of sp³-hybridized carbons (Fsp3) is 0.565. The van der Waals surface area contributed by atoms with E-state index >= 15 is 0 Å². The molecule has 2 fully saturated rings. The Bertz CT molecular complexity index is 1100. The molecular formula is C23H30N6O. The molecule has 0 amide bonds. The minimum atomic E-state index is -0.224. The molecule has 1 saturated heterocycles. The maximum absolute atomic E-state index is 13.3. The molecular weight excluding hydrogens is 376 g/mol. The fourth-order valence-corrected chi connectivity index (χ4v) is 5.28. The van der Waals surface area contributed by atoms with Crippen molar-refractivity contribution in [3.63, 3.8) is 0 Å². The number of rotatable bonds is 4. The van der Waals surface area contributed by atoms with Gasteiger partial charge in [0.1, 0.15) is 6.04 Å². The van der Waals surface area contributed by atoms with E-state index in [0.29, 0.717) is 12.0 Å². The summed E-state index contributed by atoms with van der Waals surface area (Å²) in [6.45, 7) is 6.24. The Morgan fingerprint density at radius 1 is 1.13 bits per heavy atom. The molecule has 5 rings (SSSR count). The molecule has 2 atom stereocenters. The van der Waals surface area contributed by atoms with Gasteiger partial charge in [-0.1, -0.05) is 31.9 Å². The van der Waals surface area contributed by atoms with Crippen molar-refractivity contribution in [1.29, 1.82) is 0 Å². The lowest BCUT2D eigenvalue weighted by Crippen LogP contribution is -2.41. The highest BCUT2D eigenvalue weighted by Crippen LogP contribution is 2.35. The van der Waals surface area contributed by atoms with E-state index in [9.17, 15) is 4.79 Å². The Labute approximate surface area is 176 Å². The van der Waals surface area contributed by atoms with Crippen LogP contribution in [0.2, 0.25) is 0 Å². The standard InChI is InChI=1S/C23H30N6O/c1-15-9-10-17-13-19(23(30)24-20(17)12-15)21(28-11-5-6-16(2)14-28)22-25-26-27-29(22)18-7-3-4-8-18/h9-10,12-13,16,18,21H,3-8,11,14H2,1-2H3,(H,24,30)/t16-,21+/m1/s1. The maximum Gasteiger partial charge on any atom is 0.253 e. The van der Waals surface area contributed by atoms with Crippen molar-refractivity contribution in [1.82, 2.24) is 30.1 Å². The molecule has 3 heterocycles. The Kier molecular flexibility index (Phi) is 5.15. The summed E-state index contributed by atoms with van der Waals surface area (Å²) >= 11 is 0. The van der Waals surface area contributed by atoms with Crippen LogP contribution in [0, 0.1) is 12.8 Å². The van der Waals surface area contributed by atoms with Crippen LogP contribution in [-0.2, 0) is 0 Å². The van der Waals surface area contributed by atoms with Crippen molar-refractivity contribution in [3.8, 4) is 0 Å². The van der Waals surface area contributed by atoms with Crippen molar-refractivity contribution in [3.05, 3.63) is 51.6 Å². The number of pyridine rings is 1. The summed E-state index contributed by atoms with van der Waals surface area (Å²) in [6.07, 6.45) is 7.00. The summed E-state index contributed by atoms with van der Waals surface area (Å²) in [4.78, 5) is 18.8. The zero-order valence-corrected chi connectivity index (χ0v) is 17.8. The topological polar surface area (TPSA) is 79.7 Å². The summed E-state index contributed by atoms with van der Waals surface area (Å²) in [5, 5.41) is 14.0. The number of H-pyrrole nitrogens is 1. The van der Waals surface area contributed by atoms with Crippen LogP contribution in [0.1, 0.15) is 74.5 Å². The molecule has 1 aromatic carbocycles. The molecule has 1 saturated carbocycles. The molecule has 2 aliphatic rings. The minimum absolute atomic E-state index is 0.0442. The van der Waals surface area contributed by atoms with E-state index in [4.69, 9.17) is 0 Å². The Hall–Kier alpha value is -2.54. The number of likely N-dealkylation sites (tertiary alicyclic amines) is 1. The van der Waals surface area contributed by atoms with Crippen LogP contribution in [0.15, 0.2) is 29.1 Å². The monoisotopic (exact) mass is 406 g/mol. The zero-order chi connectivity index (χ0) is 20.7. The summed E-state index contributed by atoms with van der Waals surface area (Å²) in [6, 6.07) is 8.36. The second kappa shape index (κ2) is 7.95. The van der Waals surface area contributed by atoms with Crippen molar-refractivity contribution in [2.24, 2.45) is 5.92 Å². The van der Waals surface area contributed by atoms with Gasteiger partial charge in [-0.15, -0.1) is 5.10 Å². The van der Waals surface area contributed by atoms with Crippen molar-refractivity contribution < 1.29 is 0 Å². The molecule has 30 heavy (non-hydrogen) atoms. The molecule has 7 heteroatoms. The van der Waals surface area contributed by atoms with Gasteiger partial charge in [-0.25, -0.2) is 4.68 Å². The molecule has 0 bridgehead atoms. The predicted octanol–water partition coefficient (Wildman–Crippen LogP) is 3.76. The van der Waals surface area contributed by atoms with Gasteiger partial charge in [-0.2, -0.15) is 0 Å². The molecule has 0 spiro atoms. The van der Waals surface area contributed by atoms with Crippen LogP contribution in [0.3, 0.4) is 0 Å². The Balaban J connectivity index is 1.65. The second-order valence-electron chi connectivity index (χ2n) is 9.21. The van der Waals surface area contributed by atoms with Gasteiger partial charge in [0, 0.05) is 17.6 Å². The van der Waals surface area contributed by atoms with E-state index in [1.54, 1.807) is 0 Å². The first-order chi connectivity index (χ1) is 14.6. The number of tetrazole rings is 1. The molecule has 0 radical (unpaired) electrons. The molecule has 2 aromatic heterocycles. The summed E-state index contributed by atoms with van der Waals surface area (Å²) in [5.74, 6) is 1.41. The summed E-state index contributed by atoms with van der Waals surface area (Å²) in [7, 11) is 0. The normalized spacial score (nSPS) is 22.0. The lowest BCUT2D eigenvalue weighted by Gasteiger charge is -2.36. The first kappa shape index (κ1) is 19.4. The van der Waals surface area contributed by atoms with Crippen LogP contribution in [0.4, 0.5) is 0 Å². The highest BCUT2D eigenvalue weighted by Gasteiger charge is 2.34. The average molecular weight is 407 g/mol. The first-order valence-electron chi connectivity index (χ1n) is 11.3.